The highest BCUT2D eigenvalue weighted by atomic mass is 16.4. The fourth-order valence-electron chi connectivity index (χ4n) is 5.47. The van der Waals surface area contributed by atoms with Crippen LogP contribution in [0.2, 0.25) is 0 Å². The lowest BCUT2D eigenvalue weighted by Crippen LogP contribution is -2.59. The van der Waals surface area contributed by atoms with Crippen molar-refractivity contribution < 1.29 is 48.6 Å². The number of hydrogen-bond acceptors (Lipinski definition) is 11. The lowest BCUT2D eigenvalue weighted by Gasteiger charge is -2.29. The summed E-state index contributed by atoms with van der Waals surface area (Å²) in [7, 11) is 0. The maximum absolute atomic E-state index is 13.7. The second kappa shape index (κ2) is 22.8. The fourth-order valence-corrected chi connectivity index (χ4v) is 5.47. The smallest absolute Gasteiger partial charge is 0.326 e. The van der Waals surface area contributed by atoms with Gasteiger partial charge in [-0.25, -0.2) is 4.79 Å². The Morgan fingerprint density at radius 3 is 2.00 bits per heavy atom. The van der Waals surface area contributed by atoms with E-state index in [1.54, 1.807) is 27.7 Å². The summed E-state index contributed by atoms with van der Waals surface area (Å²) < 4.78 is 0. The summed E-state index contributed by atoms with van der Waals surface area (Å²) in [6.45, 7) is 5.81. The molecule has 53 heavy (non-hydrogen) atoms. The van der Waals surface area contributed by atoms with Crippen LogP contribution < -0.4 is 49.5 Å². The number of nitrogens with zero attached hydrogens (tertiary/aromatic N) is 2. The van der Waals surface area contributed by atoms with Gasteiger partial charge in [0.1, 0.15) is 36.3 Å². The van der Waals surface area contributed by atoms with Crippen molar-refractivity contribution in [1.82, 2.24) is 31.5 Å². The van der Waals surface area contributed by atoms with Gasteiger partial charge in [-0.05, 0) is 50.4 Å². The number of nitrogens with two attached hydrogens (primary N) is 4. The predicted molar refractivity (Wildman–Crippen MR) is 191 cm³/mol. The number of guanidine groups is 1. The summed E-state index contributed by atoms with van der Waals surface area (Å²) in [6.07, 6.45) is 0.504. The third-order valence-corrected chi connectivity index (χ3v) is 8.26. The van der Waals surface area contributed by atoms with Crippen LogP contribution in [0.3, 0.4) is 0 Å². The van der Waals surface area contributed by atoms with Gasteiger partial charge in [0, 0.05) is 19.5 Å². The first kappa shape index (κ1) is 46.0. The van der Waals surface area contributed by atoms with E-state index in [-0.39, 0.29) is 63.5 Å². The highest BCUT2D eigenvalue weighted by molar-refractivity contribution is 5.97. The van der Waals surface area contributed by atoms with Gasteiger partial charge in [0.15, 0.2) is 5.96 Å². The van der Waals surface area contributed by atoms with Crippen LogP contribution in [0.15, 0.2) is 4.99 Å². The minimum Gasteiger partial charge on any atom is -0.480 e. The maximum atomic E-state index is 13.7. The van der Waals surface area contributed by atoms with Crippen LogP contribution in [0, 0.1) is 11.8 Å². The van der Waals surface area contributed by atoms with Gasteiger partial charge in [-0.3, -0.25) is 38.6 Å². The van der Waals surface area contributed by atoms with Crippen LogP contribution in [-0.2, 0) is 38.4 Å². The second-order valence-corrected chi connectivity index (χ2v) is 13.6. The predicted octanol–water partition coefficient (Wildman–Crippen LogP) is -4.54. The number of carboxylic acids is 1. The second-order valence-electron chi connectivity index (χ2n) is 13.6. The van der Waals surface area contributed by atoms with E-state index in [1.165, 1.54) is 4.90 Å². The Balaban J connectivity index is 3.21. The van der Waals surface area contributed by atoms with E-state index in [2.05, 4.69) is 31.6 Å². The first-order valence-corrected chi connectivity index (χ1v) is 17.5. The zero-order valence-corrected chi connectivity index (χ0v) is 30.8. The molecule has 0 unspecified atom stereocenters. The van der Waals surface area contributed by atoms with E-state index in [9.17, 15) is 48.6 Å². The lowest BCUT2D eigenvalue weighted by molar-refractivity contribution is -0.143. The number of aliphatic hydroxyl groups excluding tert-OH is 1. The van der Waals surface area contributed by atoms with Gasteiger partial charge in [0.05, 0.1) is 13.2 Å². The minimum atomic E-state index is -1.39. The van der Waals surface area contributed by atoms with Gasteiger partial charge in [-0.1, -0.05) is 27.7 Å². The summed E-state index contributed by atoms with van der Waals surface area (Å²) in [5.41, 5.74) is 21.8. The molecule has 21 heteroatoms. The molecule has 6 atom stereocenters. The number of carbonyl (C=O) groups is 8. The number of carboxylic acid groups (broad SMARTS) is 1. The third kappa shape index (κ3) is 16.4. The normalized spacial score (nSPS) is 16.8. The molecule has 0 aromatic rings. The molecule has 7 amide bonds. The van der Waals surface area contributed by atoms with Gasteiger partial charge in [-0.2, -0.15) is 0 Å². The Bertz CT molecular complexity index is 1340. The van der Waals surface area contributed by atoms with Crippen molar-refractivity contribution in [2.75, 3.05) is 26.2 Å². The van der Waals surface area contributed by atoms with Crippen LogP contribution in [0.5, 0.6) is 0 Å². The largest absolute Gasteiger partial charge is 0.480 e. The van der Waals surface area contributed by atoms with Gasteiger partial charge in [-0.15, -0.1) is 0 Å². The Labute approximate surface area is 308 Å². The number of amides is 7. The molecule has 0 saturated carbocycles. The number of aliphatic carboxylic acids is 1. The summed E-state index contributed by atoms with van der Waals surface area (Å²) in [4.78, 5) is 107. The number of aliphatic hydroxyl groups is 1. The average molecular weight is 756 g/mol. The SMILES string of the molecule is CC(C)C[C@H](NC(=O)[C@H](CCCN=C(N)N)NC(=O)[C@@H]1CCCN1C(=O)[C@@H](N)CO)C(=O)N[C@@H](CCC(N)=O)C(=O)NCC(=O)N[C@H](C(=O)O)C(C)C. The monoisotopic (exact) mass is 755 g/mol. The Morgan fingerprint density at radius 1 is 0.849 bits per heavy atom. The number of aliphatic imine (C=N–C) groups is 1. The third-order valence-electron chi connectivity index (χ3n) is 8.26. The van der Waals surface area contributed by atoms with Crippen LogP contribution in [-0.4, -0.2) is 131 Å². The first-order chi connectivity index (χ1) is 24.8. The van der Waals surface area contributed by atoms with Crippen LogP contribution >= 0.6 is 0 Å². The number of rotatable bonds is 23. The van der Waals surface area contributed by atoms with E-state index >= 15 is 0 Å². The summed E-state index contributed by atoms with van der Waals surface area (Å²) >= 11 is 0. The Hall–Kier alpha value is -5.05. The van der Waals surface area contributed by atoms with Crippen molar-refractivity contribution in [2.24, 2.45) is 39.8 Å². The number of likely N-dealkylation sites (tertiary alicyclic amines) is 1. The Morgan fingerprint density at radius 2 is 1.45 bits per heavy atom. The topological polar surface area (TPSA) is 357 Å². The number of primary amides is 1. The van der Waals surface area contributed by atoms with Gasteiger partial charge in [0.2, 0.25) is 41.4 Å². The number of hydrogen-bond donors (Lipinski definition) is 11. The lowest BCUT2D eigenvalue weighted by atomic mass is 10.0. The molecule has 1 saturated heterocycles. The highest BCUT2D eigenvalue weighted by Crippen LogP contribution is 2.19. The van der Waals surface area contributed by atoms with Crippen molar-refractivity contribution in [1.29, 1.82) is 0 Å². The molecule has 0 aliphatic carbocycles. The van der Waals surface area contributed by atoms with Gasteiger partial charge in [0.25, 0.3) is 0 Å². The van der Waals surface area contributed by atoms with E-state index in [0.717, 1.165) is 0 Å². The van der Waals surface area contributed by atoms with E-state index in [0.29, 0.717) is 6.42 Å². The first-order valence-electron chi connectivity index (χ1n) is 17.5. The minimum absolute atomic E-state index is 0.0203. The quantitative estimate of drug-likeness (QED) is 0.0266. The molecule has 1 aliphatic rings. The molecule has 0 radical (unpaired) electrons. The number of nitrogens with one attached hydrogen (secondary N) is 5. The van der Waals surface area contributed by atoms with Crippen molar-refractivity contribution in [3.05, 3.63) is 0 Å². The molecule has 0 spiro atoms. The molecule has 300 valence electrons. The van der Waals surface area contributed by atoms with Crippen LogP contribution in [0.25, 0.3) is 0 Å². The van der Waals surface area contributed by atoms with Crippen molar-refractivity contribution >= 4 is 53.3 Å². The summed E-state index contributed by atoms with van der Waals surface area (Å²) in [6, 6.07) is -7.26. The zero-order valence-electron chi connectivity index (χ0n) is 30.8. The Kier molecular flexibility index (Phi) is 19.8. The molecule has 0 bridgehead atoms. The van der Waals surface area contributed by atoms with Gasteiger partial charge < -0.3 is 64.6 Å². The molecule has 1 aliphatic heterocycles. The van der Waals surface area contributed by atoms with Crippen molar-refractivity contribution in [2.45, 2.75) is 109 Å². The molecule has 1 heterocycles. The summed E-state index contributed by atoms with van der Waals surface area (Å²) in [5, 5.41) is 31.1. The zero-order chi connectivity index (χ0) is 40.4. The molecule has 1 fully saturated rings. The van der Waals surface area contributed by atoms with Crippen molar-refractivity contribution in [3.8, 4) is 0 Å². The van der Waals surface area contributed by atoms with Gasteiger partial charge >= 0.3 is 5.97 Å². The van der Waals surface area contributed by atoms with Crippen LogP contribution in [0.1, 0.15) is 72.6 Å². The molecule has 21 nitrogen and oxygen atoms in total. The van der Waals surface area contributed by atoms with E-state index in [1.807, 2.05) is 0 Å². The standard InChI is InChI=1S/C32H57N11O10/c1-16(2)13-21(28(49)39-20(9-10-23(34)45)26(47)38-14-24(46)42-25(17(3)4)31(52)53)41-27(48)19(7-5-11-37-32(35)36)40-29(50)22-8-6-12-43(22)30(51)18(33)15-44/h16-22,25,44H,5-15,33H2,1-4H3,(H2,34,45)(H,38,47)(H,39,49)(H,40,50)(H,41,48)(H,42,46)(H,52,53)(H4,35,36,37)/t18-,19-,20-,21-,22-,25-/m0/s1. The van der Waals surface area contributed by atoms with Crippen LogP contribution in [0.4, 0.5) is 0 Å². The molecular formula is C32H57N11O10. The highest BCUT2D eigenvalue weighted by Gasteiger charge is 2.38. The van der Waals surface area contributed by atoms with Crippen molar-refractivity contribution in [3.63, 3.8) is 0 Å². The molecule has 1 rings (SSSR count). The molecule has 15 N–H and O–H groups in total. The molecule has 0 aromatic heterocycles. The number of carbonyl (C=O) groups excluding carboxylic acids is 7. The van der Waals surface area contributed by atoms with E-state index in [4.69, 9.17) is 22.9 Å². The maximum Gasteiger partial charge on any atom is 0.326 e. The molecule has 0 aromatic carbocycles. The summed E-state index contributed by atoms with van der Waals surface area (Å²) in [5.74, 6) is -7.37. The van der Waals surface area contributed by atoms with E-state index < -0.39 is 103 Å². The average Bonchev–Trinajstić information content (AvgIpc) is 3.57. The fraction of sp³-hybridized carbons (Fsp3) is 0.719. The molecular weight excluding hydrogens is 698 g/mol.